The van der Waals surface area contributed by atoms with Crippen molar-refractivity contribution in [2.45, 2.75) is 38.8 Å². The highest BCUT2D eigenvalue weighted by Gasteiger charge is 2.25. The molecule has 7 heteroatoms. The summed E-state index contributed by atoms with van der Waals surface area (Å²) in [6, 6.07) is 0.182. The smallest absolute Gasteiger partial charge is 0.273 e. The van der Waals surface area contributed by atoms with Gasteiger partial charge in [-0.05, 0) is 12.8 Å². The van der Waals surface area contributed by atoms with Crippen molar-refractivity contribution in [3.63, 3.8) is 0 Å². The van der Waals surface area contributed by atoms with Crippen LogP contribution < -0.4 is 11.1 Å². The number of amides is 2. The number of nitrogens with two attached hydrogens (primary N) is 1. The van der Waals surface area contributed by atoms with Gasteiger partial charge >= 0.3 is 0 Å². The topological polar surface area (TPSA) is 88.3 Å². The Morgan fingerprint density at radius 3 is 2.75 bits per heavy atom. The lowest BCUT2D eigenvalue weighted by Gasteiger charge is -2.32. The van der Waals surface area contributed by atoms with Crippen LogP contribution in [-0.2, 0) is 11.3 Å². The second-order valence-corrected chi connectivity index (χ2v) is 5.76. The predicted octanol–water partition coefficient (Wildman–Crippen LogP) is 0.733. The Bertz CT molecular complexity index is 480. The van der Waals surface area contributed by atoms with E-state index in [9.17, 15) is 9.59 Å². The Balaban J connectivity index is 1.87. The average Bonchev–Trinajstić information content (AvgIpc) is 2.96. The third-order valence-corrected chi connectivity index (χ3v) is 4.29. The maximum absolute atomic E-state index is 12.3. The first kappa shape index (κ1) is 14.9. The first-order chi connectivity index (χ1) is 9.63. The molecule has 2 rings (SSSR count). The fraction of sp³-hybridized carbons (Fsp3) is 0.615. The van der Waals surface area contributed by atoms with E-state index in [4.69, 9.17) is 5.73 Å². The molecular formula is C13H20N4O2S. The van der Waals surface area contributed by atoms with E-state index in [-0.39, 0.29) is 17.9 Å². The summed E-state index contributed by atoms with van der Waals surface area (Å²) in [5.41, 5.74) is 5.98. The monoisotopic (exact) mass is 296 g/mol. The number of thiazole rings is 1. The van der Waals surface area contributed by atoms with Gasteiger partial charge in [-0.2, -0.15) is 0 Å². The molecular weight excluding hydrogens is 276 g/mol. The van der Waals surface area contributed by atoms with Crippen LogP contribution >= 0.6 is 11.3 Å². The molecule has 0 atom stereocenters. The summed E-state index contributed by atoms with van der Waals surface area (Å²) in [4.78, 5) is 29.6. The van der Waals surface area contributed by atoms with Gasteiger partial charge in [0.05, 0.1) is 0 Å². The molecule has 6 nitrogen and oxygen atoms in total. The van der Waals surface area contributed by atoms with Crippen LogP contribution in [0.3, 0.4) is 0 Å². The highest BCUT2D eigenvalue weighted by molar-refractivity contribution is 7.09. The van der Waals surface area contributed by atoms with Gasteiger partial charge in [-0.1, -0.05) is 6.92 Å². The van der Waals surface area contributed by atoms with E-state index in [0.29, 0.717) is 31.7 Å². The summed E-state index contributed by atoms with van der Waals surface area (Å²) < 4.78 is 0. The molecule has 1 saturated heterocycles. The quantitative estimate of drug-likeness (QED) is 0.857. The maximum Gasteiger partial charge on any atom is 0.273 e. The van der Waals surface area contributed by atoms with Gasteiger partial charge in [0.1, 0.15) is 10.7 Å². The van der Waals surface area contributed by atoms with Gasteiger partial charge in [-0.25, -0.2) is 4.98 Å². The van der Waals surface area contributed by atoms with E-state index < -0.39 is 0 Å². The Hall–Kier alpha value is -1.47. The predicted molar refractivity (Wildman–Crippen MR) is 77.4 cm³/mol. The molecule has 0 unspecified atom stereocenters. The molecule has 20 heavy (non-hydrogen) atoms. The fourth-order valence-corrected chi connectivity index (χ4v) is 2.87. The lowest BCUT2D eigenvalue weighted by atomic mass is 10.0. The highest BCUT2D eigenvalue weighted by atomic mass is 32.1. The number of piperidine rings is 1. The molecule has 0 spiro atoms. The van der Waals surface area contributed by atoms with Gasteiger partial charge in [-0.15, -0.1) is 11.3 Å². The van der Waals surface area contributed by atoms with Crippen molar-refractivity contribution in [3.8, 4) is 0 Å². The average molecular weight is 296 g/mol. The van der Waals surface area contributed by atoms with E-state index in [1.54, 1.807) is 10.3 Å². The summed E-state index contributed by atoms with van der Waals surface area (Å²) in [5, 5.41) is 5.51. The molecule has 1 fully saturated rings. The number of likely N-dealkylation sites (tertiary alicyclic amines) is 1. The van der Waals surface area contributed by atoms with Crippen LogP contribution in [-0.4, -0.2) is 40.8 Å². The van der Waals surface area contributed by atoms with Crippen molar-refractivity contribution < 1.29 is 9.59 Å². The lowest BCUT2D eigenvalue weighted by Crippen LogP contribution is -2.46. The summed E-state index contributed by atoms with van der Waals surface area (Å²) >= 11 is 1.41. The number of nitrogens with zero attached hydrogens (tertiary/aromatic N) is 2. The van der Waals surface area contributed by atoms with Gasteiger partial charge in [0.25, 0.3) is 5.91 Å². The van der Waals surface area contributed by atoms with Crippen molar-refractivity contribution >= 4 is 23.2 Å². The Morgan fingerprint density at radius 1 is 1.50 bits per heavy atom. The van der Waals surface area contributed by atoms with Gasteiger partial charge in [-0.3, -0.25) is 9.59 Å². The van der Waals surface area contributed by atoms with Gasteiger partial charge in [0, 0.05) is 37.5 Å². The molecule has 0 bridgehead atoms. The summed E-state index contributed by atoms with van der Waals surface area (Å²) in [6.07, 6.45) is 2.09. The number of hydrogen-bond donors (Lipinski definition) is 2. The molecule has 110 valence electrons. The third-order valence-electron chi connectivity index (χ3n) is 3.41. The minimum Gasteiger partial charge on any atom is -0.353 e. The number of carbonyl (C=O) groups is 2. The molecule has 3 N–H and O–H groups in total. The van der Waals surface area contributed by atoms with Crippen LogP contribution in [0.5, 0.6) is 0 Å². The summed E-state index contributed by atoms with van der Waals surface area (Å²) in [7, 11) is 0. The zero-order valence-electron chi connectivity index (χ0n) is 11.6. The van der Waals surface area contributed by atoms with E-state index in [2.05, 4.69) is 10.3 Å². The molecule has 1 aliphatic rings. The molecule has 2 heterocycles. The maximum atomic E-state index is 12.3. The normalized spacial score (nSPS) is 16.2. The zero-order chi connectivity index (χ0) is 14.5. The van der Waals surface area contributed by atoms with E-state index in [1.165, 1.54) is 11.3 Å². The first-order valence-electron chi connectivity index (χ1n) is 6.87. The molecule has 0 saturated carbocycles. The number of aromatic nitrogens is 1. The standard InChI is InChI=1S/C13H20N4O2S/c1-2-11(18)15-9-3-5-17(6-4-9)13(19)10-8-20-12(7-14)16-10/h8-9H,2-7,14H2,1H3,(H,15,18). The molecule has 0 radical (unpaired) electrons. The second kappa shape index (κ2) is 6.81. The zero-order valence-corrected chi connectivity index (χ0v) is 12.4. The minimum absolute atomic E-state index is 0.0405. The largest absolute Gasteiger partial charge is 0.353 e. The van der Waals surface area contributed by atoms with Gasteiger partial charge in [0.2, 0.25) is 5.91 Å². The molecule has 1 aliphatic heterocycles. The van der Waals surface area contributed by atoms with Crippen molar-refractivity contribution in [3.05, 3.63) is 16.1 Å². The SMILES string of the molecule is CCC(=O)NC1CCN(C(=O)c2csc(CN)n2)CC1. The van der Waals surface area contributed by atoms with E-state index >= 15 is 0 Å². The highest BCUT2D eigenvalue weighted by Crippen LogP contribution is 2.16. The molecule has 2 amide bonds. The Labute approximate surface area is 122 Å². The van der Waals surface area contributed by atoms with Crippen LogP contribution in [0, 0.1) is 0 Å². The lowest BCUT2D eigenvalue weighted by molar-refractivity contribution is -0.121. The second-order valence-electron chi connectivity index (χ2n) is 4.82. The number of hydrogen-bond acceptors (Lipinski definition) is 5. The molecule has 0 aliphatic carbocycles. The molecule has 0 aromatic carbocycles. The number of rotatable bonds is 4. The fourth-order valence-electron chi connectivity index (χ4n) is 2.22. The summed E-state index contributed by atoms with van der Waals surface area (Å²) in [6.45, 7) is 3.51. The van der Waals surface area contributed by atoms with Gasteiger partial charge in [0.15, 0.2) is 0 Å². The van der Waals surface area contributed by atoms with Crippen molar-refractivity contribution in [1.82, 2.24) is 15.2 Å². The number of carbonyl (C=O) groups excluding carboxylic acids is 2. The van der Waals surface area contributed by atoms with E-state index in [0.717, 1.165) is 17.8 Å². The van der Waals surface area contributed by atoms with Crippen molar-refractivity contribution in [2.75, 3.05) is 13.1 Å². The molecule has 1 aromatic heterocycles. The van der Waals surface area contributed by atoms with Crippen LogP contribution in [0.4, 0.5) is 0 Å². The molecule has 1 aromatic rings. The van der Waals surface area contributed by atoms with E-state index in [1.807, 2.05) is 6.92 Å². The van der Waals surface area contributed by atoms with Crippen LogP contribution in [0.15, 0.2) is 5.38 Å². The minimum atomic E-state index is -0.0405. The van der Waals surface area contributed by atoms with Crippen molar-refractivity contribution in [2.24, 2.45) is 5.73 Å². The number of nitrogens with one attached hydrogen (secondary N) is 1. The Morgan fingerprint density at radius 2 is 2.20 bits per heavy atom. The van der Waals surface area contributed by atoms with Crippen LogP contribution in [0.1, 0.15) is 41.7 Å². The first-order valence-corrected chi connectivity index (χ1v) is 7.75. The third kappa shape index (κ3) is 3.55. The van der Waals surface area contributed by atoms with Gasteiger partial charge < -0.3 is 16.0 Å². The van der Waals surface area contributed by atoms with Crippen LogP contribution in [0.25, 0.3) is 0 Å². The Kier molecular flexibility index (Phi) is 5.08. The summed E-state index contributed by atoms with van der Waals surface area (Å²) in [5.74, 6) is 0.0306. The van der Waals surface area contributed by atoms with Crippen molar-refractivity contribution in [1.29, 1.82) is 0 Å². The van der Waals surface area contributed by atoms with Crippen LogP contribution in [0.2, 0.25) is 0 Å².